The molecule has 24 heavy (non-hydrogen) atoms. The van der Waals surface area contributed by atoms with Crippen molar-refractivity contribution in [2.75, 3.05) is 12.4 Å². The summed E-state index contributed by atoms with van der Waals surface area (Å²) in [6, 6.07) is 7.21. The number of amides is 1. The summed E-state index contributed by atoms with van der Waals surface area (Å²) in [4.78, 5) is 12.6. The van der Waals surface area contributed by atoms with E-state index in [0.717, 1.165) is 6.42 Å². The molecule has 1 aromatic rings. The molecule has 0 fully saturated rings. The first-order chi connectivity index (χ1) is 11.3. The van der Waals surface area contributed by atoms with Crippen molar-refractivity contribution in [3.8, 4) is 11.8 Å². The van der Waals surface area contributed by atoms with Gasteiger partial charge in [-0.3, -0.25) is 4.79 Å². The van der Waals surface area contributed by atoms with Crippen molar-refractivity contribution in [2.45, 2.75) is 59.2 Å². The Morgan fingerprint density at radius 1 is 1.38 bits per heavy atom. The number of ether oxygens (including phenoxy) is 2. The van der Waals surface area contributed by atoms with Crippen LogP contribution in [0.15, 0.2) is 18.2 Å². The van der Waals surface area contributed by atoms with Crippen LogP contribution in [0.5, 0.6) is 5.75 Å². The van der Waals surface area contributed by atoms with Gasteiger partial charge in [0.1, 0.15) is 17.4 Å². The number of nitriles is 1. The number of hydrogen-bond acceptors (Lipinski definition) is 4. The fourth-order valence-corrected chi connectivity index (χ4v) is 2.42. The van der Waals surface area contributed by atoms with Crippen LogP contribution in [0.1, 0.15) is 53.0 Å². The molecular formula is C19H28N2O3. The Hall–Kier alpha value is -2.06. The molecule has 2 atom stereocenters. The van der Waals surface area contributed by atoms with Gasteiger partial charge in [-0.05, 0) is 44.7 Å². The molecule has 0 aliphatic heterocycles. The first-order valence-electron chi connectivity index (χ1n) is 8.33. The van der Waals surface area contributed by atoms with E-state index in [0.29, 0.717) is 29.3 Å². The van der Waals surface area contributed by atoms with Crippen molar-refractivity contribution in [2.24, 2.45) is 5.92 Å². The molecule has 1 aromatic carbocycles. The number of benzene rings is 1. The topological polar surface area (TPSA) is 71.3 Å². The third kappa shape index (κ3) is 5.24. The summed E-state index contributed by atoms with van der Waals surface area (Å²) in [5, 5.41) is 12.2. The third-order valence-electron chi connectivity index (χ3n) is 4.00. The number of nitrogens with one attached hydrogen (secondary N) is 1. The largest absolute Gasteiger partial charge is 0.491 e. The first kappa shape index (κ1) is 20.0. The van der Waals surface area contributed by atoms with E-state index in [9.17, 15) is 10.1 Å². The maximum atomic E-state index is 12.6. The molecule has 132 valence electrons. The number of carbonyl (C=O) groups is 1. The van der Waals surface area contributed by atoms with Crippen molar-refractivity contribution < 1.29 is 14.3 Å². The quantitative estimate of drug-likeness (QED) is 0.777. The summed E-state index contributed by atoms with van der Waals surface area (Å²) >= 11 is 0. The first-order valence-corrected chi connectivity index (χ1v) is 8.33. The fraction of sp³-hybridized carbons (Fsp3) is 0.579. The van der Waals surface area contributed by atoms with Gasteiger partial charge < -0.3 is 14.8 Å². The second-order valence-corrected chi connectivity index (χ2v) is 6.64. The summed E-state index contributed by atoms with van der Waals surface area (Å²) in [5.74, 6) is 0.670. The average molecular weight is 332 g/mol. The lowest BCUT2D eigenvalue weighted by molar-refractivity contribution is -0.137. The minimum Gasteiger partial charge on any atom is -0.491 e. The zero-order valence-electron chi connectivity index (χ0n) is 15.5. The summed E-state index contributed by atoms with van der Waals surface area (Å²) in [5.41, 5.74) is -0.106. The number of hydrogen-bond donors (Lipinski definition) is 1. The standard InChI is InChI=1S/C19H28N2O3/c1-7-14(4)24-16-8-9-17(15(10-16)12-20)21-18(22)19(5,23-6)11-13(2)3/h8-10,13-14H,7,11H2,1-6H3,(H,21,22). The van der Waals surface area contributed by atoms with Crippen molar-refractivity contribution in [3.63, 3.8) is 0 Å². The summed E-state index contributed by atoms with van der Waals surface area (Å²) in [6.45, 7) is 9.83. The second kappa shape index (κ2) is 8.70. The van der Waals surface area contributed by atoms with Gasteiger partial charge in [-0.25, -0.2) is 0 Å². The Morgan fingerprint density at radius 2 is 2.04 bits per heavy atom. The Balaban J connectivity index is 2.98. The maximum absolute atomic E-state index is 12.6. The highest BCUT2D eigenvalue weighted by Gasteiger charge is 2.34. The monoisotopic (exact) mass is 332 g/mol. The Labute approximate surface area is 145 Å². The molecule has 0 saturated carbocycles. The lowest BCUT2D eigenvalue weighted by Gasteiger charge is -2.28. The van der Waals surface area contributed by atoms with Gasteiger partial charge in [-0.2, -0.15) is 5.26 Å². The molecule has 5 nitrogen and oxygen atoms in total. The molecule has 0 aromatic heterocycles. The van der Waals surface area contributed by atoms with E-state index < -0.39 is 5.60 Å². The predicted molar refractivity (Wildman–Crippen MR) is 95.0 cm³/mol. The SMILES string of the molecule is CCC(C)Oc1ccc(NC(=O)C(C)(CC(C)C)OC)c(C#N)c1. The van der Waals surface area contributed by atoms with Gasteiger partial charge in [0.15, 0.2) is 0 Å². The number of anilines is 1. The summed E-state index contributed by atoms with van der Waals surface area (Å²) in [6.07, 6.45) is 1.54. The molecule has 1 N–H and O–H groups in total. The van der Waals surface area contributed by atoms with Crippen molar-refractivity contribution in [1.29, 1.82) is 5.26 Å². The van der Waals surface area contributed by atoms with Gasteiger partial charge >= 0.3 is 0 Å². The zero-order valence-corrected chi connectivity index (χ0v) is 15.5. The molecule has 0 radical (unpaired) electrons. The molecule has 0 heterocycles. The number of nitrogens with zero attached hydrogens (tertiary/aromatic N) is 1. The minimum atomic E-state index is -0.938. The lowest BCUT2D eigenvalue weighted by Crippen LogP contribution is -2.43. The number of rotatable bonds is 8. The molecule has 1 rings (SSSR count). The Morgan fingerprint density at radius 3 is 2.54 bits per heavy atom. The van der Waals surface area contributed by atoms with E-state index in [1.165, 1.54) is 7.11 Å². The van der Waals surface area contributed by atoms with Gasteiger partial charge in [0.2, 0.25) is 0 Å². The van der Waals surface area contributed by atoms with E-state index in [4.69, 9.17) is 9.47 Å². The number of methoxy groups -OCH3 is 1. The average Bonchev–Trinajstić information content (AvgIpc) is 2.55. The highest BCUT2D eigenvalue weighted by Crippen LogP contribution is 2.26. The minimum absolute atomic E-state index is 0.0693. The molecule has 2 unspecified atom stereocenters. The van der Waals surface area contributed by atoms with Crippen molar-refractivity contribution in [1.82, 2.24) is 0 Å². The summed E-state index contributed by atoms with van der Waals surface area (Å²) < 4.78 is 11.1. The zero-order chi connectivity index (χ0) is 18.3. The molecule has 0 saturated heterocycles. The van der Waals surface area contributed by atoms with Gasteiger partial charge in [-0.1, -0.05) is 20.8 Å². The molecule has 5 heteroatoms. The normalized spacial score (nSPS) is 14.6. The van der Waals surface area contributed by atoms with E-state index >= 15 is 0 Å². The van der Waals surface area contributed by atoms with Crippen LogP contribution in [0.4, 0.5) is 5.69 Å². The van der Waals surface area contributed by atoms with E-state index in [-0.39, 0.29) is 12.0 Å². The van der Waals surface area contributed by atoms with Crippen LogP contribution in [0, 0.1) is 17.2 Å². The van der Waals surface area contributed by atoms with Crippen LogP contribution >= 0.6 is 0 Å². The van der Waals surface area contributed by atoms with Gasteiger partial charge in [0.05, 0.1) is 17.4 Å². The lowest BCUT2D eigenvalue weighted by atomic mass is 9.93. The predicted octanol–water partition coefficient (Wildman–Crippen LogP) is 4.13. The maximum Gasteiger partial charge on any atom is 0.256 e. The van der Waals surface area contributed by atoms with Crippen LogP contribution in [-0.4, -0.2) is 24.7 Å². The Kier molecular flexibility index (Phi) is 7.24. The third-order valence-corrected chi connectivity index (χ3v) is 4.00. The van der Waals surface area contributed by atoms with Crippen LogP contribution in [0.2, 0.25) is 0 Å². The van der Waals surface area contributed by atoms with Gasteiger partial charge in [0.25, 0.3) is 5.91 Å². The highest BCUT2D eigenvalue weighted by molar-refractivity contribution is 5.98. The molecular weight excluding hydrogens is 304 g/mol. The van der Waals surface area contributed by atoms with Crippen LogP contribution in [0.25, 0.3) is 0 Å². The number of carbonyl (C=O) groups excluding carboxylic acids is 1. The van der Waals surface area contributed by atoms with E-state index in [1.54, 1.807) is 25.1 Å². The van der Waals surface area contributed by atoms with E-state index in [2.05, 4.69) is 11.4 Å². The van der Waals surface area contributed by atoms with Gasteiger partial charge in [-0.15, -0.1) is 0 Å². The highest BCUT2D eigenvalue weighted by atomic mass is 16.5. The fourth-order valence-electron chi connectivity index (χ4n) is 2.42. The van der Waals surface area contributed by atoms with Crippen molar-refractivity contribution >= 4 is 11.6 Å². The molecule has 0 bridgehead atoms. The molecule has 1 amide bonds. The van der Waals surface area contributed by atoms with Crippen molar-refractivity contribution in [3.05, 3.63) is 23.8 Å². The van der Waals surface area contributed by atoms with Crippen LogP contribution < -0.4 is 10.1 Å². The Bertz CT molecular complexity index is 607. The second-order valence-electron chi connectivity index (χ2n) is 6.64. The van der Waals surface area contributed by atoms with Gasteiger partial charge in [0, 0.05) is 13.2 Å². The molecule has 0 aliphatic carbocycles. The van der Waals surface area contributed by atoms with Crippen LogP contribution in [0.3, 0.4) is 0 Å². The molecule has 0 aliphatic rings. The summed E-state index contributed by atoms with van der Waals surface area (Å²) in [7, 11) is 1.52. The van der Waals surface area contributed by atoms with E-state index in [1.807, 2.05) is 27.7 Å². The van der Waals surface area contributed by atoms with Crippen LogP contribution in [-0.2, 0) is 9.53 Å². The smallest absolute Gasteiger partial charge is 0.256 e. The molecule has 0 spiro atoms.